The van der Waals surface area contributed by atoms with Crippen molar-refractivity contribution in [3.63, 3.8) is 0 Å². The minimum Gasteiger partial charge on any atom is -0.340 e. The molecule has 0 amide bonds. The maximum atomic E-state index is 2.68. The minimum absolute atomic E-state index is 0.0228. The van der Waals surface area contributed by atoms with Crippen molar-refractivity contribution in [1.29, 1.82) is 0 Å². The summed E-state index contributed by atoms with van der Waals surface area (Å²) in [4.78, 5) is 2.62. The first kappa shape index (κ1) is 33.5. The van der Waals surface area contributed by atoms with Crippen LogP contribution in [0.15, 0.2) is 150 Å². The number of fused-ring (bicyclic) bond motifs is 6. The predicted octanol–water partition coefficient (Wildman–Crippen LogP) is 13.2. The van der Waals surface area contributed by atoms with Crippen LogP contribution in [0, 0.1) is 5.92 Å². The second-order valence-corrected chi connectivity index (χ2v) is 16.9. The maximum Gasteiger partial charge on any atom is 0.0464 e. The molecule has 2 unspecified atom stereocenters. The monoisotopic (exact) mass is 704 g/mol. The van der Waals surface area contributed by atoms with E-state index in [-0.39, 0.29) is 5.41 Å². The topological polar surface area (TPSA) is 8.17 Å². The Morgan fingerprint density at radius 1 is 0.778 bits per heavy atom. The first-order valence-corrected chi connectivity index (χ1v) is 20.6. The first-order chi connectivity index (χ1) is 26.5. The molecule has 0 spiro atoms. The van der Waals surface area contributed by atoms with Crippen molar-refractivity contribution in [2.24, 2.45) is 5.92 Å². The molecule has 1 aromatic heterocycles. The van der Waals surface area contributed by atoms with Crippen LogP contribution in [0.5, 0.6) is 0 Å². The number of anilines is 1. The zero-order valence-electron chi connectivity index (χ0n) is 32.0. The smallest absolute Gasteiger partial charge is 0.0464 e. The first-order valence-electron chi connectivity index (χ1n) is 20.6. The Bertz CT molecular complexity index is 2350. The van der Waals surface area contributed by atoms with E-state index < -0.39 is 0 Å². The lowest BCUT2D eigenvalue weighted by atomic mass is 9.78. The normalized spacial score (nSPS) is 22.1. The molecule has 1 heterocycles. The summed E-state index contributed by atoms with van der Waals surface area (Å²) in [6.07, 6.45) is 33.6. The summed E-state index contributed by atoms with van der Waals surface area (Å²) in [5.74, 6) is 1.08. The Balaban J connectivity index is 0.983. The van der Waals surface area contributed by atoms with Crippen molar-refractivity contribution >= 4 is 17.8 Å². The Kier molecular flexibility index (Phi) is 8.46. The van der Waals surface area contributed by atoms with E-state index in [1.807, 2.05) is 0 Å². The van der Waals surface area contributed by atoms with E-state index >= 15 is 0 Å². The quantitative estimate of drug-likeness (QED) is 0.186. The molecule has 2 heteroatoms. The Morgan fingerprint density at radius 3 is 2.48 bits per heavy atom. The molecule has 0 saturated heterocycles. The average Bonchev–Trinajstić information content (AvgIpc) is 3.66. The molecule has 3 aromatic carbocycles. The molecule has 4 aromatic rings. The highest BCUT2D eigenvalue weighted by molar-refractivity contribution is 5.74. The van der Waals surface area contributed by atoms with Crippen LogP contribution in [0.1, 0.15) is 105 Å². The fraction of sp³-hybridized carbons (Fsp3) is 0.308. The van der Waals surface area contributed by atoms with E-state index in [4.69, 9.17) is 0 Å². The standard InChI is InChI=1S/C52H52N2/c1-52(2)48-22-11-9-20-44(48)45-30-29-43(34-49(45)52)54(42-19-13-18-39(32-42)37-16-7-4-8-17-37)41-27-24-38(25-28-41)40-26-31-51-47(33-40)46-21-10-12-23-50(46)53(51)35-36-14-5-3-6-15-36/h3-5,7-9,11-14,16-20,22-23,27,29,32-34,38,45H,6,10,15,21,24-26,28,30-31,35H2,1-2H3. The van der Waals surface area contributed by atoms with Gasteiger partial charge in [-0.3, -0.25) is 0 Å². The molecular weight excluding hydrogens is 653 g/mol. The lowest BCUT2D eigenvalue weighted by Crippen LogP contribution is -2.27. The van der Waals surface area contributed by atoms with Gasteiger partial charge >= 0.3 is 0 Å². The lowest BCUT2D eigenvalue weighted by Gasteiger charge is -2.37. The van der Waals surface area contributed by atoms with Gasteiger partial charge in [0, 0.05) is 46.3 Å². The molecule has 2 atom stereocenters. The van der Waals surface area contributed by atoms with Gasteiger partial charge in [0.25, 0.3) is 0 Å². The molecule has 270 valence electrons. The second kappa shape index (κ2) is 13.6. The zero-order chi connectivity index (χ0) is 36.2. The molecule has 0 aliphatic heterocycles. The van der Waals surface area contributed by atoms with Gasteiger partial charge in [0.15, 0.2) is 0 Å². The van der Waals surface area contributed by atoms with Gasteiger partial charge < -0.3 is 9.47 Å². The predicted molar refractivity (Wildman–Crippen MR) is 227 cm³/mol. The molecule has 6 aliphatic carbocycles. The number of hydrogen-bond donors (Lipinski definition) is 0. The molecular formula is C52H52N2. The van der Waals surface area contributed by atoms with E-state index in [0.29, 0.717) is 11.8 Å². The van der Waals surface area contributed by atoms with Crippen molar-refractivity contribution in [2.75, 3.05) is 4.90 Å². The van der Waals surface area contributed by atoms with Crippen LogP contribution in [0.3, 0.4) is 0 Å². The highest BCUT2D eigenvalue weighted by Crippen LogP contribution is 2.54. The van der Waals surface area contributed by atoms with Crippen LogP contribution in [-0.4, -0.2) is 4.57 Å². The van der Waals surface area contributed by atoms with Gasteiger partial charge in [0.05, 0.1) is 0 Å². The van der Waals surface area contributed by atoms with Crippen LogP contribution in [0.25, 0.3) is 23.3 Å². The summed E-state index contributed by atoms with van der Waals surface area (Å²) in [6, 6.07) is 29.3. The molecule has 0 fully saturated rings. The highest BCUT2D eigenvalue weighted by atomic mass is 15.2. The molecule has 54 heavy (non-hydrogen) atoms. The average molecular weight is 705 g/mol. The summed E-state index contributed by atoms with van der Waals surface area (Å²) in [5.41, 5.74) is 20.6. The SMILES string of the molecule is CC1(C)C2=CC(N(C3=CCC(C4=Cc5c6c(n(CC7=CC=CCC7)c5CC4)C=CCC6)CC3)c3cccc(-c4ccccc4)c3)=CCC2c2ccccc21. The maximum absolute atomic E-state index is 2.68. The van der Waals surface area contributed by atoms with E-state index in [1.165, 1.54) is 77.1 Å². The molecule has 0 radical (unpaired) electrons. The van der Waals surface area contributed by atoms with Gasteiger partial charge in [-0.05, 0) is 128 Å². The van der Waals surface area contributed by atoms with Crippen molar-refractivity contribution in [1.82, 2.24) is 4.57 Å². The van der Waals surface area contributed by atoms with Crippen LogP contribution in [0.4, 0.5) is 5.69 Å². The van der Waals surface area contributed by atoms with Gasteiger partial charge in [0.1, 0.15) is 0 Å². The Labute approximate surface area is 322 Å². The van der Waals surface area contributed by atoms with Crippen LogP contribution < -0.4 is 4.90 Å². The van der Waals surface area contributed by atoms with Crippen LogP contribution in [0.2, 0.25) is 0 Å². The molecule has 0 N–H and O–H groups in total. The summed E-state index contributed by atoms with van der Waals surface area (Å²) >= 11 is 0. The summed E-state index contributed by atoms with van der Waals surface area (Å²) in [5, 5.41) is 0. The second-order valence-electron chi connectivity index (χ2n) is 16.9. The van der Waals surface area contributed by atoms with Crippen molar-refractivity contribution in [3.8, 4) is 11.1 Å². The number of aromatic nitrogens is 1. The number of benzene rings is 3. The van der Waals surface area contributed by atoms with Gasteiger partial charge in [0.2, 0.25) is 0 Å². The Morgan fingerprint density at radius 2 is 1.63 bits per heavy atom. The van der Waals surface area contributed by atoms with E-state index in [9.17, 15) is 0 Å². The summed E-state index contributed by atoms with van der Waals surface area (Å²) in [6.45, 7) is 5.91. The molecule has 6 aliphatic rings. The third-order valence-corrected chi connectivity index (χ3v) is 13.5. The van der Waals surface area contributed by atoms with Crippen molar-refractivity contribution in [2.45, 2.75) is 95.9 Å². The number of hydrogen-bond acceptors (Lipinski definition) is 1. The molecule has 0 saturated carbocycles. The largest absolute Gasteiger partial charge is 0.340 e. The van der Waals surface area contributed by atoms with Crippen molar-refractivity contribution in [3.05, 3.63) is 183 Å². The van der Waals surface area contributed by atoms with E-state index in [1.54, 1.807) is 33.5 Å². The van der Waals surface area contributed by atoms with Crippen LogP contribution in [-0.2, 0) is 24.8 Å². The zero-order valence-corrected chi connectivity index (χ0v) is 32.0. The van der Waals surface area contributed by atoms with Crippen LogP contribution >= 0.6 is 0 Å². The van der Waals surface area contributed by atoms with Gasteiger partial charge in [-0.2, -0.15) is 0 Å². The van der Waals surface area contributed by atoms with Gasteiger partial charge in [-0.1, -0.05) is 140 Å². The fourth-order valence-corrected chi connectivity index (χ4v) is 10.7. The third kappa shape index (κ3) is 5.77. The number of allylic oxidation sites excluding steroid dienone is 11. The molecule has 2 nitrogen and oxygen atoms in total. The van der Waals surface area contributed by atoms with E-state index in [0.717, 1.165) is 38.6 Å². The number of rotatable bonds is 7. The third-order valence-electron chi connectivity index (χ3n) is 13.5. The Hall–Kier alpha value is -5.08. The highest BCUT2D eigenvalue weighted by Gasteiger charge is 2.42. The van der Waals surface area contributed by atoms with Crippen molar-refractivity contribution < 1.29 is 0 Å². The number of nitrogens with zero attached hydrogens (tertiary/aromatic N) is 2. The fourth-order valence-electron chi connectivity index (χ4n) is 10.7. The minimum atomic E-state index is 0.0228. The van der Waals surface area contributed by atoms with Gasteiger partial charge in [-0.25, -0.2) is 0 Å². The molecule has 10 rings (SSSR count). The summed E-state index contributed by atoms with van der Waals surface area (Å²) < 4.78 is 2.68. The van der Waals surface area contributed by atoms with E-state index in [2.05, 4.69) is 157 Å². The van der Waals surface area contributed by atoms with Gasteiger partial charge in [-0.15, -0.1) is 0 Å². The summed E-state index contributed by atoms with van der Waals surface area (Å²) in [7, 11) is 0. The lowest BCUT2D eigenvalue weighted by molar-refractivity contribution is 0.514. The molecule has 0 bridgehead atoms.